The van der Waals surface area contributed by atoms with Gasteiger partial charge in [0.15, 0.2) is 0 Å². The van der Waals surface area contributed by atoms with Crippen molar-refractivity contribution in [2.45, 2.75) is 5.75 Å². The molecule has 0 aliphatic carbocycles. The average Bonchev–Trinajstić information content (AvgIpc) is 2.97. The zero-order valence-corrected chi connectivity index (χ0v) is 14.6. The number of rotatable bonds is 4. The molecule has 3 rings (SSSR count). The number of aliphatic carboxylic acids is 1. The molecule has 24 heavy (non-hydrogen) atoms. The second-order valence-corrected chi connectivity index (χ2v) is 9.02. The standard InChI is InChI=1S/C15H18ClFN2O4S/c1-18-5-11-6-19(9-15(11,8-18)14(20)21)24(22,23)7-10-4-12(17)2-3-13(10)16/h2-4,11H,5-9H2,1H3,(H,20,21)/t11-,15-/m0/s1. The monoisotopic (exact) mass is 376 g/mol. The van der Waals surface area contributed by atoms with Crippen molar-refractivity contribution in [2.24, 2.45) is 11.3 Å². The first-order chi connectivity index (χ1) is 11.1. The first-order valence-corrected chi connectivity index (χ1v) is 9.46. The van der Waals surface area contributed by atoms with Crippen LogP contribution in [0.15, 0.2) is 18.2 Å². The molecule has 2 fully saturated rings. The predicted octanol–water partition coefficient (Wildman–Crippen LogP) is 1.26. The maximum atomic E-state index is 13.3. The molecule has 0 aromatic heterocycles. The third-order valence-electron chi connectivity index (χ3n) is 4.91. The van der Waals surface area contributed by atoms with Crippen molar-refractivity contribution in [2.75, 3.05) is 33.2 Å². The summed E-state index contributed by atoms with van der Waals surface area (Å²) in [5.41, 5.74) is -0.900. The molecule has 2 saturated heterocycles. The fraction of sp³-hybridized carbons (Fsp3) is 0.533. The Hall–Kier alpha value is -1.22. The summed E-state index contributed by atoms with van der Waals surface area (Å²) >= 11 is 5.95. The molecule has 2 aliphatic rings. The Kier molecular flexibility index (Phi) is 4.36. The minimum Gasteiger partial charge on any atom is -0.481 e. The Bertz CT molecular complexity index is 788. The van der Waals surface area contributed by atoms with Gasteiger partial charge in [0, 0.05) is 37.1 Å². The molecule has 2 atom stereocenters. The highest BCUT2D eigenvalue weighted by Gasteiger charge is 2.58. The normalized spacial score (nSPS) is 28.2. The molecule has 0 amide bonds. The van der Waals surface area contributed by atoms with Crippen molar-refractivity contribution in [1.29, 1.82) is 0 Å². The van der Waals surface area contributed by atoms with Crippen LogP contribution in [0.5, 0.6) is 0 Å². The summed E-state index contributed by atoms with van der Waals surface area (Å²) in [4.78, 5) is 13.7. The molecule has 0 bridgehead atoms. The Morgan fingerprint density at radius 1 is 1.42 bits per heavy atom. The molecule has 132 valence electrons. The third-order valence-corrected chi connectivity index (χ3v) is 7.02. The highest BCUT2D eigenvalue weighted by molar-refractivity contribution is 7.88. The molecule has 1 N–H and O–H groups in total. The van der Waals surface area contributed by atoms with Crippen molar-refractivity contribution >= 4 is 27.6 Å². The number of nitrogens with zero attached hydrogens (tertiary/aromatic N) is 2. The topological polar surface area (TPSA) is 77.9 Å². The van der Waals surface area contributed by atoms with E-state index < -0.39 is 33.0 Å². The summed E-state index contributed by atoms with van der Waals surface area (Å²) < 4.78 is 39.9. The molecule has 0 saturated carbocycles. The van der Waals surface area contributed by atoms with Crippen LogP contribution < -0.4 is 0 Å². The minimum atomic E-state index is -3.78. The summed E-state index contributed by atoms with van der Waals surface area (Å²) in [6.45, 7) is 0.956. The zero-order chi connectivity index (χ0) is 17.7. The van der Waals surface area contributed by atoms with E-state index in [0.717, 1.165) is 12.1 Å². The molecule has 0 spiro atoms. The Morgan fingerprint density at radius 2 is 2.12 bits per heavy atom. The van der Waals surface area contributed by atoms with Crippen LogP contribution in [-0.2, 0) is 20.6 Å². The van der Waals surface area contributed by atoms with E-state index in [-0.39, 0.29) is 29.6 Å². The van der Waals surface area contributed by atoms with Gasteiger partial charge in [-0.05, 0) is 30.8 Å². The van der Waals surface area contributed by atoms with Crippen LogP contribution in [0.3, 0.4) is 0 Å². The third kappa shape index (κ3) is 2.92. The number of benzene rings is 1. The minimum absolute atomic E-state index is 0.0629. The van der Waals surface area contributed by atoms with Crippen molar-refractivity contribution in [1.82, 2.24) is 9.21 Å². The molecule has 1 aromatic rings. The van der Waals surface area contributed by atoms with Gasteiger partial charge in [0.05, 0.1) is 11.2 Å². The van der Waals surface area contributed by atoms with Gasteiger partial charge in [0.1, 0.15) is 5.82 Å². The first-order valence-electron chi connectivity index (χ1n) is 7.48. The van der Waals surface area contributed by atoms with E-state index in [1.165, 1.54) is 10.4 Å². The molecule has 0 unspecified atom stereocenters. The van der Waals surface area contributed by atoms with Gasteiger partial charge in [-0.3, -0.25) is 4.79 Å². The maximum absolute atomic E-state index is 13.3. The van der Waals surface area contributed by atoms with E-state index in [1.54, 1.807) is 0 Å². The number of hydrogen-bond acceptors (Lipinski definition) is 4. The molecule has 0 radical (unpaired) electrons. The van der Waals surface area contributed by atoms with E-state index in [4.69, 9.17) is 11.6 Å². The van der Waals surface area contributed by atoms with Crippen LogP contribution in [0.2, 0.25) is 5.02 Å². The highest BCUT2D eigenvalue weighted by atomic mass is 35.5. The number of fused-ring (bicyclic) bond motifs is 1. The van der Waals surface area contributed by atoms with Crippen molar-refractivity contribution in [3.8, 4) is 0 Å². The fourth-order valence-electron chi connectivity index (χ4n) is 3.73. The summed E-state index contributed by atoms with van der Waals surface area (Å²) in [6, 6.07) is 3.57. The number of likely N-dealkylation sites (tertiary alicyclic amines) is 1. The molecule has 2 heterocycles. The second-order valence-electron chi connectivity index (χ2n) is 6.64. The number of carboxylic acids is 1. The lowest BCUT2D eigenvalue weighted by Gasteiger charge is -2.24. The van der Waals surface area contributed by atoms with E-state index in [2.05, 4.69) is 0 Å². The van der Waals surface area contributed by atoms with Crippen molar-refractivity contribution in [3.05, 3.63) is 34.6 Å². The summed E-state index contributed by atoms with van der Waals surface area (Å²) in [7, 11) is -1.96. The van der Waals surface area contributed by atoms with Gasteiger partial charge < -0.3 is 10.0 Å². The van der Waals surface area contributed by atoms with Gasteiger partial charge in [-0.15, -0.1) is 0 Å². The Labute approximate surface area is 144 Å². The van der Waals surface area contributed by atoms with Gasteiger partial charge in [-0.2, -0.15) is 0 Å². The average molecular weight is 377 g/mol. The van der Waals surface area contributed by atoms with E-state index >= 15 is 0 Å². The van der Waals surface area contributed by atoms with E-state index in [1.807, 2.05) is 11.9 Å². The fourth-order valence-corrected chi connectivity index (χ4v) is 5.64. The van der Waals surface area contributed by atoms with Gasteiger partial charge in [-0.25, -0.2) is 17.1 Å². The highest BCUT2D eigenvalue weighted by Crippen LogP contribution is 2.43. The van der Waals surface area contributed by atoms with Gasteiger partial charge in [0.25, 0.3) is 0 Å². The summed E-state index contributed by atoms with van der Waals surface area (Å²) in [6.07, 6.45) is 0. The van der Waals surface area contributed by atoms with Crippen molar-refractivity contribution < 1.29 is 22.7 Å². The number of halogens is 2. The molecule has 6 nitrogen and oxygen atoms in total. The number of sulfonamides is 1. The lowest BCUT2D eigenvalue weighted by atomic mass is 9.81. The predicted molar refractivity (Wildman–Crippen MR) is 86.7 cm³/mol. The quantitative estimate of drug-likeness (QED) is 0.855. The van der Waals surface area contributed by atoms with Gasteiger partial charge in [0.2, 0.25) is 10.0 Å². The van der Waals surface area contributed by atoms with Crippen LogP contribution in [-0.4, -0.2) is 61.9 Å². The van der Waals surface area contributed by atoms with E-state index in [9.17, 15) is 22.7 Å². The summed E-state index contributed by atoms with van der Waals surface area (Å²) in [5.74, 6) is -2.23. The van der Waals surface area contributed by atoms with Crippen molar-refractivity contribution in [3.63, 3.8) is 0 Å². The van der Waals surface area contributed by atoms with Crippen LogP contribution in [0, 0.1) is 17.2 Å². The first kappa shape index (κ1) is 17.6. The van der Waals surface area contributed by atoms with Crippen LogP contribution in [0.4, 0.5) is 4.39 Å². The molecule has 1 aromatic carbocycles. The number of carboxylic acid groups (broad SMARTS) is 1. The molecule has 2 aliphatic heterocycles. The second kappa shape index (κ2) is 5.94. The van der Waals surface area contributed by atoms with Crippen LogP contribution in [0.1, 0.15) is 5.56 Å². The lowest BCUT2D eigenvalue weighted by molar-refractivity contribution is -0.148. The smallest absolute Gasteiger partial charge is 0.312 e. The number of hydrogen-bond donors (Lipinski definition) is 1. The number of carbonyl (C=O) groups is 1. The Balaban J connectivity index is 1.85. The largest absolute Gasteiger partial charge is 0.481 e. The van der Waals surface area contributed by atoms with E-state index in [0.29, 0.717) is 13.1 Å². The van der Waals surface area contributed by atoms with Gasteiger partial charge in [-0.1, -0.05) is 11.6 Å². The Morgan fingerprint density at radius 3 is 2.75 bits per heavy atom. The lowest BCUT2D eigenvalue weighted by Crippen LogP contribution is -2.41. The SMILES string of the molecule is CN1C[C@H]2CN(S(=O)(=O)Cc3cc(F)ccc3Cl)C[C@@]2(C(=O)O)C1. The van der Waals surface area contributed by atoms with Crippen LogP contribution in [0.25, 0.3) is 0 Å². The van der Waals surface area contributed by atoms with Crippen LogP contribution >= 0.6 is 11.6 Å². The zero-order valence-electron chi connectivity index (χ0n) is 13.1. The maximum Gasteiger partial charge on any atom is 0.312 e. The summed E-state index contributed by atoms with van der Waals surface area (Å²) in [5, 5.41) is 9.80. The molecular formula is C15H18ClFN2O4S. The molecular weight excluding hydrogens is 359 g/mol. The van der Waals surface area contributed by atoms with Gasteiger partial charge >= 0.3 is 5.97 Å². The molecule has 9 heteroatoms.